The van der Waals surface area contributed by atoms with Crippen molar-refractivity contribution in [3.8, 4) is 0 Å². The van der Waals surface area contributed by atoms with Crippen LogP contribution in [-0.2, 0) is 0 Å². The largest absolute Gasteiger partial charge is 0.382 e. The number of aromatic nitrogens is 4. The van der Waals surface area contributed by atoms with Gasteiger partial charge in [-0.25, -0.2) is 9.67 Å². The zero-order valence-corrected chi connectivity index (χ0v) is 17.3. The monoisotopic (exact) mass is 434 g/mol. The number of rotatable bonds is 5. The minimum absolute atomic E-state index is 0.0616. The Kier molecular flexibility index (Phi) is 5.54. The van der Waals surface area contributed by atoms with Gasteiger partial charge < -0.3 is 5.73 Å². The Morgan fingerprint density at radius 3 is 2.52 bits per heavy atom. The number of carbonyl (C=O) groups is 2. The van der Waals surface area contributed by atoms with Crippen molar-refractivity contribution in [2.75, 3.05) is 16.9 Å². The summed E-state index contributed by atoms with van der Waals surface area (Å²) in [5, 5.41) is 4.50. The lowest BCUT2D eigenvalue weighted by molar-refractivity contribution is 0.0924. The molecule has 0 saturated heterocycles. The number of nitrogens with one attached hydrogen (secondary N) is 1. The van der Waals surface area contributed by atoms with Crippen LogP contribution in [0.3, 0.4) is 0 Å². The summed E-state index contributed by atoms with van der Waals surface area (Å²) < 4.78 is 2.27. The van der Waals surface area contributed by atoms with Gasteiger partial charge in [-0.05, 0) is 31.2 Å². The van der Waals surface area contributed by atoms with Crippen LogP contribution in [0.15, 0.2) is 70.6 Å². The molecule has 0 atom stereocenters. The van der Waals surface area contributed by atoms with E-state index in [2.05, 4.69) is 15.5 Å². The Labute approximate surface area is 180 Å². The van der Waals surface area contributed by atoms with E-state index in [-0.39, 0.29) is 22.6 Å². The Hall–Kier alpha value is -3.92. The smallest absolute Gasteiger partial charge is 0.281 e. The molecule has 1 amide bonds. The van der Waals surface area contributed by atoms with E-state index in [1.54, 1.807) is 67.6 Å². The molecule has 31 heavy (non-hydrogen) atoms. The number of nitrogens with zero attached hydrogens (tertiary/aromatic N) is 4. The van der Waals surface area contributed by atoms with Gasteiger partial charge in [-0.15, -0.1) is 5.10 Å². The second kappa shape index (κ2) is 8.44. The first kappa shape index (κ1) is 20.4. The van der Waals surface area contributed by atoms with Crippen molar-refractivity contribution in [3.05, 3.63) is 82.3 Å². The zero-order chi connectivity index (χ0) is 22.0. The van der Waals surface area contributed by atoms with E-state index >= 15 is 0 Å². The van der Waals surface area contributed by atoms with E-state index in [4.69, 9.17) is 5.73 Å². The van der Waals surface area contributed by atoms with Crippen LogP contribution in [-0.4, -0.2) is 37.0 Å². The molecule has 0 aliphatic carbocycles. The molecule has 0 aliphatic rings. The van der Waals surface area contributed by atoms with E-state index in [0.29, 0.717) is 22.2 Å². The minimum atomic E-state index is -0.469. The average Bonchev–Trinajstić information content (AvgIpc) is 3.12. The van der Waals surface area contributed by atoms with Crippen LogP contribution < -0.4 is 16.7 Å². The third kappa shape index (κ3) is 4.19. The van der Waals surface area contributed by atoms with Crippen molar-refractivity contribution in [2.24, 2.45) is 0 Å². The first-order valence-electron chi connectivity index (χ1n) is 9.30. The summed E-state index contributed by atoms with van der Waals surface area (Å²) in [5.41, 5.74) is 9.25. The van der Waals surface area contributed by atoms with Gasteiger partial charge in [0, 0.05) is 17.3 Å². The van der Waals surface area contributed by atoms with Gasteiger partial charge in [-0.1, -0.05) is 42.1 Å². The molecular formula is C21H18N6O3S. The molecule has 0 radical (unpaired) electrons. The van der Waals surface area contributed by atoms with E-state index in [0.717, 1.165) is 16.4 Å². The number of nitrogens with two attached hydrogens (primary N) is 1. The van der Waals surface area contributed by atoms with Crippen LogP contribution in [0.25, 0.3) is 10.9 Å². The van der Waals surface area contributed by atoms with E-state index < -0.39 is 11.5 Å². The second-order valence-corrected chi connectivity index (χ2v) is 7.61. The third-order valence-corrected chi connectivity index (χ3v) is 5.38. The predicted molar refractivity (Wildman–Crippen MR) is 119 cm³/mol. The highest BCUT2D eigenvalue weighted by Gasteiger charge is 2.17. The highest BCUT2D eigenvalue weighted by Crippen LogP contribution is 2.18. The molecule has 9 nitrogen and oxygen atoms in total. The normalized spacial score (nSPS) is 10.9. The highest BCUT2D eigenvalue weighted by atomic mass is 32.2. The highest BCUT2D eigenvalue weighted by molar-refractivity contribution is 7.99. The maximum Gasteiger partial charge on any atom is 0.281 e. The number of carbonyl (C=O) groups excluding carboxylic acids is 2. The maximum absolute atomic E-state index is 13.1. The molecule has 0 unspecified atom stereocenters. The molecule has 2 aromatic heterocycles. The number of hydrogen-bond donors (Lipinski definition) is 2. The first-order valence-corrected chi connectivity index (χ1v) is 10.3. The van der Waals surface area contributed by atoms with Crippen molar-refractivity contribution < 1.29 is 9.59 Å². The number of anilines is 1. The molecule has 4 rings (SSSR count). The van der Waals surface area contributed by atoms with Gasteiger partial charge >= 0.3 is 0 Å². The Morgan fingerprint density at radius 1 is 1.10 bits per heavy atom. The van der Waals surface area contributed by atoms with Crippen molar-refractivity contribution in [1.29, 1.82) is 0 Å². The number of nitrogen functional groups attached to an aromatic ring is 1. The molecule has 4 aromatic rings. The lowest BCUT2D eigenvalue weighted by atomic mass is 10.2. The number of para-hydroxylation sites is 1. The fraction of sp³-hybridized carbons (Fsp3) is 0.0952. The predicted octanol–water partition coefficient (Wildman–Crippen LogP) is 2.30. The van der Waals surface area contributed by atoms with Gasteiger partial charge in [-0.3, -0.25) is 19.8 Å². The summed E-state index contributed by atoms with van der Waals surface area (Å²) in [6.45, 7) is 1.72. The molecule has 0 saturated carbocycles. The summed E-state index contributed by atoms with van der Waals surface area (Å²) in [6.07, 6.45) is 0. The maximum atomic E-state index is 13.1. The van der Waals surface area contributed by atoms with Gasteiger partial charge in [0.15, 0.2) is 5.16 Å². The van der Waals surface area contributed by atoms with Gasteiger partial charge in [0.1, 0.15) is 5.82 Å². The number of aryl methyl sites for hydroxylation is 1. The van der Waals surface area contributed by atoms with Crippen LogP contribution in [0.4, 0.5) is 5.82 Å². The van der Waals surface area contributed by atoms with Crippen molar-refractivity contribution >= 4 is 40.3 Å². The summed E-state index contributed by atoms with van der Waals surface area (Å²) >= 11 is 1.02. The quantitative estimate of drug-likeness (QED) is 0.365. The molecule has 10 heteroatoms. The number of thioether (sulfide) groups is 1. The fourth-order valence-corrected chi connectivity index (χ4v) is 3.80. The molecule has 156 valence electrons. The van der Waals surface area contributed by atoms with E-state index in [1.165, 1.54) is 4.68 Å². The van der Waals surface area contributed by atoms with Crippen molar-refractivity contribution in [1.82, 2.24) is 19.4 Å². The van der Waals surface area contributed by atoms with Gasteiger partial charge in [0.05, 0.1) is 16.7 Å². The summed E-state index contributed by atoms with van der Waals surface area (Å²) in [4.78, 5) is 42.8. The second-order valence-electron chi connectivity index (χ2n) is 6.66. The zero-order valence-electron chi connectivity index (χ0n) is 16.5. The summed E-state index contributed by atoms with van der Waals surface area (Å²) in [6, 6.07) is 16.9. The van der Waals surface area contributed by atoms with Gasteiger partial charge in [0.25, 0.3) is 17.4 Å². The van der Waals surface area contributed by atoms with Crippen LogP contribution in [0.2, 0.25) is 0 Å². The Morgan fingerprint density at radius 2 is 1.81 bits per heavy atom. The molecular weight excluding hydrogens is 416 g/mol. The van der Waals surface area contributed by atoms with Gasteiger partial charge in [0.2, 0.25) is 0 Å². The third-order valence-electron chi connectivity index (χ3n) is 4.46. The van der Waals surface area contributed by atoms with Crippen LogP contribution in [0.1, 0.15) is 20.8 Å². The molecule has 3 N–H and O–H groups in total. The SMILES string of the molecule is Cc1cc(N)nn1C(=O)CSc1nc2ccccc2c(=O)n1NC(=O)c1ccccc1. The molecule has 2 heterocycles. The lowest BCUT2D eigenvalue weighted by Gasteiger charge is -2.14. The number of fused-ring (bicyclic) bond motifs is 1. The molecule has 0 aliphatic heterocycles. The summed E-state index contributed by atoms with van der Waals surface area (Å²) in [5.74, 6) is -0.619. The Bertz CT molecular complexity index is 1350. The van der Waals surface area contributed by atoms with E-state index in [9.17, 15) is 14.4 Å². The minimum Gasteiger partial charge on any atom is -0.382 e. The number of benzene rings is 2. The van der Waals surface area contributed by atoms with Crippen molar-refractivity contribution in [3.63, 3.8) is 0 Å². The first-order chi connectivity index (χ1) is 14.9. The van der Waals surface area contributed by atoms with Crippen LogP contribution >= 0.6 is 11.8 Å². The van der Waals surface area contributed by atoms with Crippen molar-refractivity contribution in [2.45, 2.75) is 12.1 Å². The van der Waals surface area contributed by atoms with Gasteiger partial charge in [-0.2, -0.15) is 4.68 Å². The topological polar surface area (TPSA) is 125 Å². The van der Waals surface area contributed by atoms with Crippen LogP contribution in [0.5, 0.6) is 0 Å². The average molecular weight is 434 g/mol. The number of amides is 1. The molecule has 0 fully saturated rings. The van der Waals surface area contributed by atoms with E-state index in [1.807, 2.05) is 0 Å². The molecule has 0 spiro atoms. The Balaban J connectivity index is 1.68. The fourth-order valence-electron chi connectivity index (χ4n) is 3.00. The molecule has 0 bridgehead atoms. The summed E-state index contributed by atoms with van der Waals surface area (Å²) in [7, 11) is 0. The molecule has 2 aromatic carbocycles. The van der Waals surface area contributed by atoms with Crippen LogP contribution in [0, 0.1) is 6.92 Å². The number of hydrogen-bond acceptors (Lipinski definition) is 7. The standard InChI is InChI=1S/C21H18N6O3S/c1-13-11-17(22)24-26(13)18(28)12-31-21-23-16-10-6-5-9-15(16)20(30)27(21)25-19(29)14-7-3-2-4-8-14/h2-11H,12H2,1H3,(H2,22,24)(H,25,29). The lowest BCUT2D eigenvalue weighted by Crippen LogP contribution is -2.35.